The molecule has 7 heteroatoms. The van der Waals surface area contributed by atoms with Crippen molar-refractivity contribution in [3.8, 4) is 0 Å². The summed E-state index contributed by atoms with van der Waals surface area (Å²) in [6.07, 6.45) is 1.71. The van der Waals surface area contributed by atoms with Crippen molar-refractivity contribution in [1.82, 2.24) is 10.3 Å². The molecular weight excluding hydrogens is 333 g/mol. The molecule has 1 aromatic heterocycles. The lowest BCUT2D eigenvalue weighted by molar-refractivity contribution is 0.0947. The van der Waals surface area contributed by atoms with Crippen LogP contribution in [0.1, 0.15) is 15.9 Å². The number of ether oxygens (including phenoxy) is 1. The Morgan fingerprint density at radius 1 is 1.29 bits per heavy atom. The van der Waals surface area contributed by atoms with E-state index in [0.29, 0.717) is 13.2 Å². The number of morpholine rings is 1. The normalized spacial score (nSPS) is 14.5. The molecule has 2 heterocycles. The fourth-order valence-electron chi connectivity index (χ4n) is 2.61. The van der Waals surface area contributed by atoms with Crippen molar-refractivity contribution in [1.29, 1.82) is 0 Å². The lowest BCUT2D eigenvalue weighted by Gasteiger charge is -2.29. The highest BCUT2D eigenvalue weighted by Crippen LogP contribution is 2.21. The molecule has 5 nitrogen and oxygen atoms in total. The maximum absolute atomic E-state index is 13.8. The Kier molecular flexibility index (Phi) is 5.27. The van der Waals surface area contributed by atoms with E-state index in [9.17, 15) is 9.18 Å². The summed E-state index contributed by atoms with van der Waals surface area (Å²) in [6.45, 7) is 3.03. The predicted octanol–water partition coefficient (Wildman–Crippen LogP) is 2.64. The van der Waals surface area contributed by atoms with Gasteiger partial charge in [-0.15, -0.1) is 0 Å². The van der Waals surface area contributed by atoms with Crippen LogP contribution in [-0.2, 0) is 11.3 Å². The van der Waals surface area contributed by atoms with Gasteiger partial charge in [0.1, 0.15) is 11.6 Å². The van der Waals surface area contributed by atoms with Gasteiger partial charge in [0.05, 0.1) is 23.8 Å². The van der Waals surface area contributed by atoms with E-state index in [1.54, 1.807) is 6.20 Å². The van der Waals surface area contributed by atoms with E-state index in [4.69, 9.17) is 16.3 Å². The van der Waals surface area contributed by atoms with Crippen molar-refractivity contribution < 1.29 is 13.9 Å². The fraction of sp³-hybridized carbons (Fsp3) is 0.294. The number of pyridine rings is 1. The van der Waals surface area contributed by atoms with E-state index < -0.39 is 11.7 Å². The molecule has 0 spiro atoms. The van der Waals surface area contributed by atoms with Crippen LogP contribution in [0, 0.1) is 5.82 Å². The number of rotatable bonds is 4. The summed E-state index contributed by atoms with van der Waals surface area (Å²) in [7, 11) is 0. The molecule has 2 aromatic rings. The molecule has 1 fully saturated rings. The summed E-state index contributed by atoms with van der Waals surface area (Å²) in [5.41, 5.74) is 0.719. The Morgan fingerprint density at radius 2 is 2.08 bits per heavy atom. The Labute approximate surface area is 144 Å². The van der Waals surface area contributed by atoms with Gasteiger partial charge in [0.2, 0.25) is 0 Å². The lowest BCUT2D eigenvalue weighted by Crippen LogP contribution is -2.38. The van der Waals surface area contributed by atoms with Crippen LogP contribution in [0.2, 0.25) is 5.02 Å². The van der Waals surface area contributed by atoms with Crippen LogP contribution < -0.4 is 10.2 Å². The highest BCUT2D eigenvalue weighted by atomic mass is 35.5. The van der Waals surface area contributed by atoms with Crippen LogP contribution in [0.5, 0.6) is 0 Å². The smallest absolute Gasteiger partial charge is 0.256 e. The van der Waals surface area contributed by atoms with Crippen LogP contribution in [0.25, 0.3) is 0 Å². The molecular formula is C17H17ClFN3O2. The van der Waals surface area contributed by atoms with Gasteiger partial charge >= 0.3 is 0 Å². The molecule has 1 aliphatic rings. The zero-order valence-electron chi connectivity index (χ0n) is 13.0. The number of carbonyl (C=O) groups excluding carboxylic acids is 1. The van der Waals surface area contributed by atoms with Gasteiger partial charge in [-0.05, 0) is 18.2 Å². The first-order valence-corrected chi connectivity index (χ1v) is 8.03. The fourth-order valence-corrected chi connectivity index (χ4v) is 2.86. The number of amides is 1. The van der Waals surface area contributed by atoms with Gasteiger partial charge in [0, 0.05) is 31.4 Å². The predicted molar refractivity (Wildman–Crippen MR) is 89.8 cm³/mol. The molecule has 1 amide bonds. The van der Waals surface area contributed by atoms with Gasteiger partial charge < -0.3 is 15.0 Å². The molecule has 1 saturated heterocycles. The van der Waals surface area contributed by atoms with Crippen LogP contribution in [0.15, 0.2) is 36.5 Å². The van der Waals surface area contributed by atoms with Crippen molar-refractivity contribution in [2.45, 2.75) is 6.54 Å². The van der Waals surface area contributed by atoms with Crippen LogP contribution in [0.3, 0.4) is 0 Å². The number of hydrogen-bond donors (Lipinski definition) is 1. The molecule has 1 aromatic carbocycles. The highest BCUT2D eigenvalue weighted by Gasteiger charge is 2.18. The van der Waals surface area contributed by atoms with Crippen molar-refractivity contribution in [3.63, 3.8) is 0 Å². The second-order valence-corrected chi connectivity index (χ2v) is 5.77. The number of hydrogen-bond acceptors (Lipinski definition) is 4. The Morgan fingerprint density at radius 3 is 2.83 bits per heavy atom. The number of nitrogens with one attached hydrogen (secondary N) is 1. The van der Waals surface area contributed by atoms with Crippen molar-refractivity contribution in [3.05, 3.63) is 58.5 Å². The van der Waals surface area contributed by atoms with Gasteiger partial charge in [0.25, 0.3) is 5.91 Å². The summed E-state index contributed by atoms with van der Waals surface area (Å²) < 4.78 is 19.2. The summed E-state index contributed by atoms with van der Waals surface area (Å²) in [4.78, 5) is 18.8. The van der Waals surface area contributed by atoms with Gasteiger partial charge in [-0.25, -0.2) is 9.37 Å². The second kappa shape index (κ2) is 7.59. The Hall–Kier alpha value is -2.18. The molecule has 0 aliphatic carbocycles. The molecule has 0 radical (unpaired) electrons. The maximum Gasteiger partial charge on any atom is 0.256 e. The first-order chi connectivity index (χ1) is 11.7. The first-order valence-electron chi connectivity index (χ1n) is 7.65. The summed E-state index contributed by atoms with van der Waals surface area (Å²) >= 11 is 5.92. The maximum atomic E-state index is 13.8. The quantitative estimate of drug-likeness (QED) is 0.922. The summed E-state index contributed by atoms with van der Waals surface area (Å²) in [5, 5.41) is 2.80. The highest BCUT2D eigenvalue weighted by molar-refractivity contribution is 6.33. The largest absolute Gasteiger partial charge is 0.378 e. The molecule has 0 bridgehead atoms. The monoisotopic (exact) mass is 349 g/mol. The minimum Gasteiger partial charge on any atom is -0.378 e. The minimum atomic E-state index is -0.639. The average molecular weight is 350 g/mol. The van der Waals surface area contributed by atoms with Crippen LogP contribution in [-0.4, -0.2) is 37.2 Å². The zero-order valence-corrected chi connectivity index (χ0v) is 13.7. The van der Waals surface area contributed by atoms with Crippen LogP contribution >= 0.6 is 11.6 Å². The van der Waals surface area contributed by atoms with E-state index in [1.807, 2.05) is 12.1 Å². The van der Waals surface area contributed by atoms with E-state index >= 15 is 0 Å². The van der Waals surface area contributed by atoms with Crippen molar-refractivity contribution in [2.24, 2.45) is 0 Å². The molecule has 0 unspecified atom stereocenters. The third-order valence-corrected chi connectivity index (χ3v) is 4.12. The second-order valence-electron chi connectivity index (χ2n) is 5.36. The SMILES string of the molecule is O=C(NCc1cccnc1N1CCOCC1)c1c(F)cccc1Cl. The number of aromatic nitrogens is 1. The Bertz CT molecular complexity index is 715. The van der Waals surface area contributed by atoms with Gasteiger partial charge in [-0.3, -0.25) is 4.79 Å². The topological polar surface area (TPSA) is 54.5 Å². The van der Waals surface area contributed by atoms with Gasteiger partial charge in [-0.2, -0.15) is 0 Å². The van der Waals surface area contributed by atoms with Gasteiger partial charge in [0.15, 0.2) is 0 Å². The van der Waals surface area contributed by atoms with E-state index in [1.165, 1.54) is 18.2 Å². The lowest BCUT2D eigenvalue weighted by atomic mass is 10.2. The molecule has 1 N–H and O–H groups in total. The average Bonchev–Trinajstić information content (AvgIpc) is 2.61. The van der Waals surface area contributed by atoms with Gasteiger partial charge in [-0.1, -0.05) is 23.7 Å². The van der Waals surface area contributed by atoms with E-state index in [-0.39, 0.29) is 17.1 Å². The number of anilines is 1. The van der Waals surface area contributed by atoms with E-state index in [2.05, 4.69) is 15.2 Å². The minimum absolute atomic E-state index is 0.0899. The summed E-state index contributed by atoms with van der Waals surface area (Å²) in [5.74, 6) is -0.379. The number of benzene rings is 1. The molecule has 3 rings (SSSR count). The molecule has 24 heavy (non-hydrogen) atoms. The molecule has 1 aliphatic heterocycles. The van der Waals surface area contributed by atoms with E-state index in [0.717, 1.165) is 24.5 Å². The number of carbonyl (C=O) groups is 1. The van der Waals surface area contributed by atoms with Crippen molar-refractivity contribution in [2.75, 3.05) is 31.2 Å². The number of halogens is 2. The standard InChI is InChI=1S/C17H17ClFN3O2/c18-13-4-1-5-14(19)15(13)17(23)21-11-12-3-2-6-20-16(12)22-7-9-24-10-8-22/h1-6H,7-11H2,(H,21,23). The Balaban J connectivity index is 1.74. The first kappa shape index (κ1) is 16.7. The molecule has 0 saturated carbocycles. The third-order valence-electron chi connectivity index (χ3n) is 3.81. The van der Waals surface area contributed by atoms with Crippen LogP contribution in [0.4, 0.5) is 10.2 Å². The number of nitrogens with zero attached hydrogens (tertiary/aromatic N) is 2. The van der Waals surface area contributed by atoms with Crippen molar-refractivity contribution >= 4 is 23.3 Å². The molecule has 0 atom stereocenters. The third kappa shape index (κ3) is 3.66. The molecule has 126 valence electrons. The zero-order chi connectivity index (χ0) is 16.9. The summed E-state index contributed by atoms with van der Waals surface area (Å²) in [6, 6.07) is 7.86.